The second-order valence-electron chi connectivity index (χ2n) is 3.48. The highest BCUT2D eigenvalue weighted by atomic mass is 35.5. The number of nitrogens with zero attached hydrogens (tertiary/aromatic N) is 3. The second kappa shape index (κ2) is 4.63. The third kappa shape index (κ3) is 2.08. The van der Waals surface area contributed by atoms with Crippen molar-refractivity contribution in [3.05, 3.63) is 29.5 Å². The Morgan fingerprint density at radius 3 is 2.81 bits per heavy atom. The van der Waals surface area contributed by atoms with Crippen LogP contribution in [0.5, 0.6) is 0 Å². The van der Waals surface area contributed by atoms with Gasteiger partial charge < -0.3 is 10.0 Å². The Balaban J connectivity index is 2.58. The molecule has 2 rings (SSSR count). The van der Waals surface area contributed by atoms with Gasteiger partial charge in [-0.1, -0.05) is 12.1 Å². The number of anilines is 1. The molecule has 0 fully saturated rings. The molecule has 0 aliphatic rings. The third-order valence-electron chi connectivity index (χ3n) is 2.35. The first-order valence-corrected chi connectivity index (χ1v) is 5.34. The van der Waals surface area contributed by atoms with Crippen molar-refractivity contribution >= 4 is 28.3 Å². The minimum atomic E-state index is 0.0758. The average Bonchev–Trinajstić information content (AvgIpc) is 2.28. The molecule has 0 aliphatic carbocycles. The SMILES string of the molecule is CN(CCO)c1nc(Cl)nc2ccccc12. The molecule has 1 N–H and O–H groups in total. The zero-order chi connectivity index (χ0) is 11.5. The Kier molecular flexibility index (Phi) is 3.22. The van der Waals surface area contributed by atoms with E-state index in [9.17, 15) is 0 Å². The van der Waals surface area contributed by atoms with E-state index in [-0.39, 0.29) is 11.9 Å². The van der Waals surface area contributed by atoms with Crippen LogP contribution >= 0.6 is 11.6 Å². The zero-order valence-electron chi connectivity index (χ0n) is 8.89. The summed E-state index contributed by atoms with van der Waals surface area (Å²) < 4.78 is 0. The average molecular weight is 238 g/mol. The number of hydrogen-bond donors (Lipinski definition) is 1. The summed E-state index contributed by atoms with van der Waals surface area (Å²) in [4.78, 5) is 10.2. The normalized spacial score (nSPS) is 10.7. The summed E-state index contributed by atoms with van der Waals surface area (Å²) in [6.45, 7) is 0.587. The van der Waals surface area contributed by atoms with Gasteiger partial charge in [-0.05, 0) is 23.7 Å². The fourth-order valence-electron chi connectivity index (χ4n) is 1.58. The second-order valence-corrected chi connectivity index (χ2v) is 3.82. The summed E-state index contributed by atoms with van der Waals surface area (Å²) in [6, 6.07) is 7.66. The first kappa shape index (κ1) is 11.1. The number of rotatable bonds is 3. The van der Waals surface area contributed by atoms with Crippen molar-refractivity contribution in [3.8, 4) is 0 Å². The van der Waals surface area contributed by atoms with Gasteiger partial charge >= 0.3 is 0 Å². The number of hydrogen-bond acceptors (Lipinski definition) is 4. The molecule has 1 aromatic carbocycles. The molecule has 84 valence electrons. The van der Waals surface area contributed by atoms with Crippen LogP contribution < -0.4 is 4.90 Å². The van der Waals surface area contributed by atoms with Gasteiger partial charge in [-0.2, -0.15) is 4.98 Å². The van der Waals surface area contributed by atoms with E-state index in [1.54, 1.807) is 0 Å². The molecule has 16 heavy (non-hydrogen) atoms. The largest absolute Gasteiger partial charge is 0.395 e. The molecule has 0 saturated heterocycles. The quantitative estimate of drug-likeness (QED) is 0.826. The lowest BCUT2D eigenvalue weighted by atomic mass is 10.2. The number of aliphatic hydroxyl groups is 1. The molecule has 4 nitrogen and oxygen atoms in total. The Morgan fingerprint density at radius 1 is 1.31 bits per heavy atom. The summed E-state index contributed by atoms with van der Waals surface area (Å²) in [7, 11) is 1.86. The summed E-state index contributed by atoms with van der Waals surface area (Å²) in [5, 5.41) is 10.1. The number of aliphatic hydroxyl groups excluding tert-OH is 1. The number of fused-ring (bicyclic) bond motifs is 1. The van der Waals surface area contributed by atoms with Crippen molar-refractivity contribution in [1.82, 2.24) is 9.97 Å². The van der Waals surface area contributed by atoms with Crippen LogP contribution in [-0.4, -0.2) is 35.3 Å². The molecule has 2 aromatic rings. The van der Waals surface area contributed by atoms with E-state index in [1.165, 1.54) is 0 Å². The highest BCUT2D eigenvalue weighted by molar-refractivity contribution is 6.28. The predicted octanol–water partition coefficient (Wildman–Crippen LogP) is 1.71. The standard InChI is InChI=1S/C11H12ClN3O/c1-15(6-7-16)10-8-4-2-3-5-9(8)13-11(12)14-10/h2-5,16H,6-7H2,1H3. The first-order chi connectivity index (χ1) is 7.72. The number of aromatic nitrogens is 2. The van der Waals surface area contributed by atoms with Gasteiger partial charge in [-0.15, -0.1) is 0 Å². The molecule has 0 aliphatic heterocycles. The fourth-order valence-corrected chi connectivity index (χ4v) is 1.75. The van der Waals surface area contributed by atoms with Crippen LogP contribution in [0, 0.1) is 0 Å². The maximum absolute atomic E-state index is 8.92. The van der Waals surface area contributed by atoms with Gasteiger partial charge in [0.2, 0.25) is 5.28 Å². The first-order valence-electron chi connectivity index (χ1n) is 4.96. The van der Waals surface area contributed by atoms with E-state index in [4.69, 9.17) is 16.7 Å². The van der Waals surface area contributed by atoms with E-state index in [2.05, 4.69) is 9.97 Å². The summed E-state index contributed by atoms with van der Waals surface area (Å²) >= 11 is 5.86. The predicted molar refractivity (Wildman–Crippen MR) is 64.9 cm³/mol. The lowest BCUT2D eigenvalue weighted by molar-refractivity contribution is 0.304. The molecule has 5 heteroatoms. The molecule has 0 spiro atoms. The summed E-state index contributed by atoms with van der Waals surface area (Å²) in [6.07, 6.45) is 0. The lowest BCUT2D eigenvalue weighted by Crippen LogP contribution is -2.22. The van der Waals surface area contributed by atoms with Crippen LogP contribution in [0.4, 0.5) is 5.82 Å². The fraction of sp³-hybridized carbons (Fsp3) is 0.273. The number of halogens is 1. The Labute approximate surface area is 98.5 Å². The van der Waals surface area contributed by atoms with Crippen LogP contribution in [0.15, 0.2) is 24.3 Å². The Hall–Kier alpha value is -1.39. The lowest BCUT2D eigenvalue weighted by Gasteiger charge is -2.18. The maximum Gasteiger partial charge on any atom is 0.224 e. The van der Waals surface area contributed by atoms with Gasteiger partial charge in [0, 0.05) is 19.0 Å². The van der Waals surface area contributed by atoms with E-state index in [1.807, 2.05) is 36.2 Å². The minimum Gasteiger partial charge on any atom is -0.395 e. The van der Waals surface area contributed by atoms with Gasteiger partial charge in [-0.25, -0.2) is 4.98 Å². The van der Waals surface area contributed by atoms with Crippen molar-refractivity contribution in [3.63, 3.8) is 0 Å². The number of likely N-dealkylation sites (N-methyl/N-ethyl adjacent to an activating group) is 1. The zero-order valence-corrected chi connectivity index (χ0v) is 9.65. The third-order valence-corrected chi connectivity index (χ3v) is 2.52. The Bertz CT molecular complexity index is 504. The van der Waals surface area contributed by atoms with Crippen LogP contribution in [0.25, 0.3) is 10.9 Å². The molecule has 0 unspecified atom stereocenters. The topological polar surface area (TPSA) is 49.2 Å². The van der Waals surface area contributed by atoms with Gasteiger partial charge in [0.15, 0.2) is 0 Å². The summed E-state index contributed by atoms with van der Waals surface area (Å²) in [5.41, 5.74) is 0.808. The highest BCUT2D eigenvalue weighted by Gasteiger charge is 2.09. The Morgan fingerprint density at radius 2 is 2.06 bits per heavy atom. The monoisotopic (exact) mass is 237 g/mol. The number of benzene rings is 1. The van der Waals surface area contributed by atoms with Crippen LogP contribution in [0.3, 0.4) is 0 Å². The van der Waals surface area contributed by atoms with Gasteiger partial charge in [0.25, 0.3) is 0 Å². The van der Waals surface area contributed by atoms with Crippen molar-refractivity contribution < 1.29 is 5.11 Å². The van der Waals surface area contributed by atoms with E-state index >= 15 is 0 Å². The van der Waals surface area contributed by atoms with Crippen LogP contribution in [0.1, 0.15) is 0 Å². The van der Waals surface area contributed by atoms with Crippen molar-refractivity contribution in [2.75, 3.05) is 25.1 Å². The van der Waals surface area contributed by atoms with E-state index < -0.39 is 0 Å². The molecular weight excluding hydrogens is 226 g/mol. The highest BCUT2D eigenvalue weighted by Crippen LogP contribution is 2.23. The molecule has 1 aromatic heterocycles. The van der Waals surface area contributed by atoms with E-state index in [0.717, 1.165) is 16.7 Å². The van der Waals surface area contributed by atoms with E-state index in [0.29, 0.717) is 6.54 Å². The molecule has 0 saturated carbocycles. The van der Waals surface area contributed by atoms with Crippen LogP contribution in [0.2, 0.25) is 5.28 Å². The molecule has 0 amide bonds. The maximum atomic E-state index is 8.92. The molecular formula is C11H12ClN3O. The van der Waals surface area contributed by atoms with Crippen molar-refractivity contribution in [1.29, 1.82) is 0 Å². The summed E-state index contributed by atoms with van der Waals surface area (Å²) in [5.74, 6) is 0.740. The van der Waals surface area contributed by atoms with Crippen molar-refractivity contribution in [2.24, 2.45) is 0 Å². The van der Waals surface area contributed by atoms with Gasteiger partial charge in [-0.3, -0.25) is 0 Å². The van der Waals surface area contributed by atoms with Gasteiger partial charge in [0.1, 0.15) is 5.82 Å². The smallest absolute Gasteiger partial charge is 0.224 e. The number of para-hydroxylation sites is 1. The molecule has 0 radical (unpaired) electrons. The van der Waals surface area contributed by atoms with Crippen LogP contribution in [-0.2, 0) is 0 Å². The van der Waals surface area contributed by atoms with Crippen molar-refractivity contribution in [2.45, 2.75) is 0 Å². The minimum absolute atomic E-state index is 0.0758. The molecule has 1 heterocycles. The van der Waals surface area contributed by atoms with Gasteiger partial charge in [0.05, 0.1) is 12.1 Å². The molecule has 0 atom stereocenters. The molecule has 0 bridgehead atoms.